The van der Waals surface area contributed by atoms with Crippen LogP contribution in [0.2, 0.25) is 0 Å². The number of aliphatic imine (C=N–C) groups is 1. The fraction of sp³-hybridized carbons (Fsp3) is 0.800. The fourth-order valence-corrected chi connectivity index (χ4v) is 1.90. The van der Waals surface area contributed by atoms with Crippen LogP contribution in [0, 0.1) is 17.3 Å². The van der Waals surface area contributed by atoms with Crippen molar-refractivity contribution in [1.29, 1.82) is 0 Å². The highest BCUT2D eigenvalue weighted by molar-refractivity contribution is 5.60. The molecule has 0 aliphatic rings. The maximum Gasteiger partial charge on any atom is 0.0603 e. The zero-order chi connectivity index (χ0) is 12.8. The zero-order valence-corrected chi connectivity index (χ0v) is 12.1. The Balaban J connectivity index is 4.76. The Morgan fingerprint density at radius 1 is 1.19 bits per heavy atom. The smallest absolute Gasteiger partial charge is 0.0603 e. The van der Waals surface area contributed by atoms with E-state index >= 15 is 0 Å². The number of hydrogen-bond donors (Lipinski definition) is 0. The molecular formula is C15H29N. The van der Waals surface area contributed by atoms with E-state index in [0.717, 1.165) is 0 Å². The second-order valence-electron chi connectivity index (χ2n) is 5.88. The third-order valence-electron chi connectivity index (χ3n) is 3.03. The quantitative estimate of drug-likeness (QED) is 0.472. The molecular weight excluding hydrogens is 194 g/mol. The molecule has 0 aromatic rings. The fourth-order valence-electron chi connectivity index (χ4n) is 1.90. The summed E-state index contributed by atoms with van der Waals surface area (Å²) in [6.07, 6.45) is 7.68. The SMILES string of the molecule is C/C=C\[C@@H](C)C(/N=C\C(C)CC)C(C)(C)C. The predicted molar refractivity (Wildman–Crippen MR) is 75.2 cm³/mol. The van der Waals surface area contributed by atoms with Crippen LogP contribution < -0.4 is 0 Å². The molecule has 0 radical (unpaired) electrons. The van der Waals surface area contributed by atoms with Crippen molar-refractivity contribution in [3.05, 3.63) is 12.2 Å². The summed E-state index contributed by atoms with van der Waals surface area (Å²) in [6, 6.07) is 0.373. The monoisotopic (exact) mass is 223 g/mol. The normalized spacial score (nSPS) is 19.2. The van der Waals surface area contributed by atoms with Gasteiger partial charge in [-0.3, -0.25) is 4.99 Å². The number of rotatable bonds is 5. The maximum absolute atomic E-state index is 4.81. The van der Waals surface area contributed by atoms with Crippen LogP contribution in [0.25, 0.3) is 0 Å². The van der Waals surface area contributed by atoms with Gasteiger partial charge in [-0.2, -0.15) is 0 Å². The molecule has 0 aromatic carbocycles. The van der Waals surface area contributed by atoms with Gasteiger partial charge in [0.25, 0.3) is 0 Å². The van der Waals surface area contributed by atoms with Gasteiger partial charge in [0.05, 0.1) is 6.04 Å². The van der Waals surface area contributed by atoms with E-state index < -0.39 is 0 Å². The van der Waals surface area contributed by atoms with Gasteiger partial charge in [-0.1, -0.05) is 53.7 Å². The van der Waals surface area contributed by atoms with Gasteiger partial charge in [0, 0.05) is 6.21 Å². The Morgan fingerprint density at radius 2 is 1.75 bits per heavy atom. The largest absolute Gasteiger partial charge is 0.293 e. The van der Waals surface area contributed by atoms with Crippen molar-refractivity contribution in [2.45, 2.75) is 60.9 Å². The van der Waals surface area contributed by atoms with Crippen LogP contribution in [0.4, 0.5) is 0 Å². The van der Waals surface area contributed by atoms with Crippen molar-refractivity contribution in [2.24, 2.45) is 22.2 Å². The van der Waals surface area contributed by atoms with Crippen LogP contribution in [0.3, 0.4) is 0 Å². The second-order valence-corrected chi connectivity index (χ2v) is 5.88. The van der Waals surface area contributed by atoms with E-state index in [1.807, 2.05) is 0 Å². The van der Waals surface area contributed by atoms with Crippen molar-refractivity contribution < 1.29 is 0 Å². The van der Waals surface area contributed by atoms with Crippen molar-refractivity contribution in [2.75, 3.05) is 0 Å². The maximum atomic E-state index is 4.81. The van der Waals surface area contributed by atoms with E-state index in [0.29, 0.717) is 17.9 Å². The molecule has 0 amide bonds. The topological polar surface area (TPSA) is 12.4 Å². The van der Waals surface area contributed by atoms with Crippen LogP contribution in [-0.2, 0) is 0 Å². The van der Waals surface area contributed by atoms with Gasteiger partial charge in [-0.25, -0.2) is 0 Å². The molecule has 0 saturated heterocycles. The van der Waals surface area contributed by atoms with E-state index in [9.17, 15) is 0 Å². The molecule has 0 fully saturated rings. The molecule has 2 unspecified atom stereocenters. The summed E-state index contributed by atoms with van der Waals surface area (Å²) in [5, 5.41) is 0. The van der Waals surface area contributed by atoms with E-state index in [1.54, 1.807) is 0 Å². The summed E-state index contributed by atoms with van der Waals surface area (Å²) < 4.78 is 0. The first-order valence-corrected chi connectivity index (χ1v) is 6.49. The average Bonchev–Trinajstić information content (AvgIpc) is 2.16. The van der Waals surface area contributed by atoms with Gasteiger partial charge < -0.3 is 0 Å². The lowest BCUT2D eigenvalue weighted by Gasteiger charge is -2.31. The van der Waals surface area contributed by atoms with Crippen molar-refractivity contribution in [3.63, 3.8) is 0 Å². The summed E-state index contributed by atoms with van der Waals surface area (Å²) in [4.78, 5) is 4.81. The lowest BCUT2D eigenvalue weighted by Crippen LogP contribution is -2.30. The van der Waals surface area contributed by atoms with E-state index in [4.69, 9.17) is 4.99 Å². The summed E-state index contributed by atoms with van der Waals surface area (Å²) in [7, 11) is 0. The average molecular weight is 223 g/mol. The molecule has 0 aliphatic carbocycles. The van der Waals surface area contributed by atoms with Gasteiger partial charge >= 0.3 is 0 Å². The zero-order valence-electron chi connectivity index (χ0n) is 12.1. The summed E-state index contributed by atoms with van der Waals surface area (Å²) in [5.74, 6) is 1.09. The molecule has 0 N–H and O–H groups in total. The standard InChI is InChI=1S/C15H29N/c1-8-10-13(4)14(15(5,6)7)16-11-12(3)9-2/h8,10-14H,9H2,1-7H3/b10-8-,16-11-/t12?,13-,14?/m1/s1. The minimum Gasteiger partial charge on any atom is -0.293 e. The van der Waals surface area contributed by atoms with Crippen LogP contribution >= 0.6 is 0 Å². The molecule has 0 spiro atoms. The van der Waals surface area contributed by atoms with Crippen molar-refractivity contribution >= 4 is 6.21 Å². The molecule has 0 saturated carbocycles. The van der Waals surface area contributed by atoms with Gasteiger partial charge in [0.1, 0.15) is 0 Å². The minimum absolute atomic E-state index is 0.225. The first-order valence-electron chi connectivity index (χ1n) is 6.49. The molecule has 0 rings (SSSR count). The molecule has 0 aromatic heterocycles. The first-order chi connectivity index (χ1) is 7.32. The van der Waals surface area contributed by atoms with E-state index in [1.165, 1.54) is 6.42 Å². The summed E-state index contributed by atoms with van der Waals surface area (Å²) >= 11 is 0. The van der Waals surface area contributed by atoms with Gasteiger partial charge in [-0.05, 0) is 30.6 Å². The van der Waals surface area contributed by atoms with Gasteiger partial charge in [0.15, 0.2) is 0 Å². The molecule has 0 bridgehead atoms. The highest BCUT2D eigenvalue weighted by atomic mass is 14.8. The van der Waals surface area contributed by atoms with E-state index in [-0.39, 0.29) is 5.41 Å². The molecule has 3 atom stereocenters. The second kappa shape index (κ2) is 6.88. The Labute approximate surface area is 102 Å². The number of allylic oxidation sites excluding steroid dienone is 1. The molecule has 94 valence electrons. The Hall–Kier alpha value is -0.590. The molecule has 1 heteroatoms. The number of hydrogen-bond acceptors (Lipinski definition) is 1. The Kier molecular flexibility index (Phi) is 6.62. The van der Waals surface area contributed by atoms with E-state index in [2.05, 4.69) is 66.8 Å². The summed E-state index contributed by atoms with van der Waals surface area (Å²) in [6.45, 7) is 15.6. The van der Waals surface area contributed by atoms with Crippen LogP contribution in [0.1, 0.15) is 54.9 Å². The lowest BCUT2D eigenvalue weighted by atomic mass is 9.80. The van der Waals surface area contributed by atoms with Crippen molar-refractivity contribution in [1.82, 2.24) is 0 Å². The summed E-state index contributed by atoms with van der Waals surface area (Å²) in [5.41, 5.74) is 0.225. The van der Waals surface area contributed by atoms with Crippen LogP contribution in [0.15, 0.2) is 17.1 Å². The molecule has 1 nitrogen and oxygen atoms in total. The third-order valence-corrected chi connectivity index (χ3v) is 3.03. The molecule has 0 aliphatic heterocycles. The Morgan fingerprint density at radius 3 is 2.12 bits per heavy atom. The minimum atomic E-state index is 0.225. The highest BCUT2D eigenvalue weighted by Gasteiger charge is 2.27. The molecule has 0 heterocycles. The highest BCUT2D eigenvalue weighted by Crippen LogP contribution is 2.29. The predicted octanol–water partition coefficient (Wildman–Crippen LogP) is 4.73. The van der Waals surface area contributed by atoms with Crippen LogP contribution in [0.5, 0.6) is 0 Å². The van der Waals surface area contributed by atoms with Crippen molar-refractivity contribution in [3.8, 4) is 0 Å². The van der Waals surface area contributed by atoms with Gasteiger partial charge in [0.2, 0.25) is 0 Å². The Bertz CT molecular complexity index is 232. The lowest BCUT2D eigenvalue weighted by molar-refractivity contribution is 0.278. The van der Waals surface area contributed by atoms with Gasteiger partial charge in [-0.15, -0.1) is 0 Å². The molecule has 16 heavy (non-hydrogen) atoms. The third kappa shape index (κ3) is 5.48. The number of nitrogens with zero attached hydrogens (tertiary/aromatic N) is 1. The first kappa shape index (κ1) is 15.4. The van der Waals surface area contributed by atoms with Crippen LogP contribution in [-0.4, -0.2) is 12.3 Å².